The van der Waals surface area contributed by atoms with Crippen molar-refractivity contribution in [2.75, 3.05) is 31.1 Å². The second-order valence-corrected chi connectivity index (χ2v) is 10.00. The molecule has 2 aliphatic rings. The van der Waals surface area contributed by atoms with Crippen LogP contribution in [0.2, 0.25) is 0 Å². The molecule has 0 bridgehead atoms. The monoisotopic (exact) mass is 389 g/mol. The van der Waals surface area contributed by atoms with Crippen molar-refractivity contribution in [3.05, 3.63) is 36.0 Å². The second kappa shape index (κ2) is 7.64. The fourth-order valence-electron chi connectivity index (χ4n) is 4.39. The van der Waals surface area contributed by atoms with Crippen molar-refractivity contribution in [2.45, 2.75) is 31.7 Å². The molecule has 2 N–H and O–H groups in total. The lowest BCUT2D eigenvalue weighted by molar-refractivity contribution is -0.126. The number of aromatic nitrogens is 1. The standard InChI is InChI=1S/C20H27N3O3S/c24-20(21-9-5-16-13-22-19-4-2-1-3-18(16)19)15-6-10-23(11-7-15)17-8-12-27(25,26)14-17/h1-4,13,15,17,22H,5-12,14H2,(H,21,24)/t17-/m1/s1. The molecule has 1 amide bonds. The fourth-order valence-corrected chi connectivity index (χ4v) is 6.15. The molecule has 27 heavy (non-hydrogen) atoms. The molecule has 2 fully saturated rings. The maximum Gasteiger partial charge on any atom is 0.223 e. The molecular formula is C20H27N3O3S. The highest BCUT2D eigenvalue weighted by Crippen LogP contribution is 2.24. The lowest BCUT2D eigenvalue weighted by atomic mass is 9.94. The van der Waals surface area contributed by atoms with E-state index in [2.05, 4.69) is 27.3 Å². The van der Waals surface area contributed by atoms with E-state index in [1.165, 1.54) is 10.9 Å². The molecule has 6 nitrogen and oxygen atoms in total. The Hall–Kier alpha value is -1.86. The fraction of sp³-hybridized carbons (Fsp3) is 0.550. The summed E-state index contributed by atoms with van der Waals surface area (Å²) in [7, 11) is -2.85. The van der Waals surface area contributed by atoms with E-state index in [0.29, 0.717) is 12.3 Å². The van der Waals surface area contributed by atoms with Crippen LogP contribution in [-0.2, 0) is 21.1 Å². The normalized spacial score (nSPS) is 23.6. The smallest absolute Gasteiger partial charge is 0.223 e. The molecule has 0 aliphatic carbocycles. The summed E-state index contributed by atoms with van der Waals surface area (Å²) in [6, 6.07) is 8.35. The molecule has 146 valence electrons. The van der Waals surface area contributed by atoms with E-state index in [9.17, 15) is 13.2 Å². The summed E-state index contributed by atoms with van der Waals surface area (Å²) in [4.78, 5) is 18.0. The van der Waals surface area contributed by atoms with Crippen LogP contribution in [-0.4, -0.2) is 61.4 Å². The summed E-state index contributed by atoms with van der Waals surface area (Å²) in [5, 5.41) is 4.30. The summed E-state index contributed by atoms with van der Waals surface area (Å²) in [5.74, 6) is 0.774. The summed E-state index contributed by atoms with van der Waals surface area (Å²) in [6.45, 7) is 2.28. The van der Waals surface area contributed by atoms with Gasteiger partial charge in [0.25, 0.3) is 0 Å². The van der Waals surface area contributed by atoms with Gasteiger partial charge in [0.2, 0.25) is 5.91 Å². The van der Waals surface area contributed by atoms with Crippen molar-refractivity contribution in [1.82, 2.24) is 15.2 Å². The molecule has 0 saturated carbocycles. The molecule has 2 aliphatic heterocycles. The zero-order valence-corrected chi connectivity index (χ0v) is 16.3. The van der Waals surface area contributed by atoms with Gasteiger partial charge in [-0.1, -0.05) is 18.2 Å². The number of hydrogen-bond acceptors (Lipinski definition) is 4. The first-order valence-corrected chi connectivity index (χ1v) is 11.6. The number of H-pyrrole nitrogens is 1. The van der Waals surface area contributed by atoms with E-state index in [0.717, 1.165) is 44.3 Å². The highest BCUT2D eigenvalue weighted by molar-refractivity contribution is 7.91. The average Bonchev–Trinajstić information content (AvgIpc) is 3.25. The Bertz CT molecular complexity index is 913. The molecule has 0 unspecified atom stereocenters. The Labute approximate surface area is 160 Å². The SMILES string of the molecule is O=C(NCCc1c[nH]c2ccccc12)C1CCN([C@@H]2CCS(=O)(=O)C2)CC1. The van der Waals surface area contributed by atoms with Gasteiger partial charge in [-0.3, -0.25) is 9.69 Å². The highest BCUT2D eigenvalue weighted by atomic mass is 32.2. The molecule has 1 aromatic heterocycles. The molecule has 1 atom stereocenters. The van der Waals surface area contributed by atoms with Crippen LogP contribution >= 0.6 is 0 Å². The molecule has 7 heteroatoms. The third-order valence-corrected chi connectivity index (χ3v) is 7.74. The topological polar surface area (TPSA) is 82.3 Å². The minimum Gasteiger partial charge on any atom is -0.361 e. The second-order valence-electron chi connectivity index (χ2n) is 7.77. The summed E-state index contributed by atoms with van der Waals surface area (Å²) >= 11 is 0. The summed E-state index contributed by atoms with van der Waals surface area (Å²) in [5.41, 5.74) is 2.35. The van der Waals surface area contributed by atoms with Crippen molar-refractivity contribution in [3.8, 4) is 0 Å². The molecule has 1 aromatic carbocycles. The number of nitrogens with one attached hydrogen (secondary N) is 2. The van der Waals surface area contributed by atoms with Gasteiger partial charge in [0.15, 0.2) is 9.84 Å². The molecule has 2 aromatic rings. The molecule has 3 heterocycles. The number of amides is 1. The maximum atomic E-state index is 12.5. The number of carbonyl (C=O) groups is 1. The van der Waals surface area contributed by atoms with Gasteiger partial charge >= 0.3 is 0 Å². The number of nitrogens with zero attached hydrogens (tertiary/aromatic N) is 1. The van der Waals surface area contributed by atoms with E-state index in [1.54, 1.807) is 0 Å². The van der Waals surface area contributed by atoms with E-state index in [1.807, 2.05) is 18.3 Å². The van der Waals surface area contributed by atoms with Gasteiger partial charge < -0.3 is 10.3 Å². The Morgan fingerprint density at radius 1 is 1.19 bits per heavy atom. The predicted molar refractivity (Wildman–Crippen MR) is 106 cm³/mol. The minimum atomic E-state index is -2.85. The zero-order valence-electron chi connectivity index (χ0n) is 15.5. The van der Waals surface area contributed by atoms with E-state index >= 15 is 0 Å². The number of rotatable bonds is 5. The average molecular weight is 390 g/mol. The summed E-state index contributed by atoms with van der Waals surface area (Å²) in [6.07, 6.45) is 5.20. The van der Waals surface area contributed by atoms with E-state index in [4.69, 9.17) is 0 Å². The molecule has 4 rings (SSSR count). The van der Waals surface area contributed by atoms with Crippen molar-refractivity contribution in [2.24, 2.45) is 5.92 Å². The largest absolute Gasteiger partial charge is 0.361 e. The van der Waals surface area contributed by atoms with Gasteiger partial charge in [0.05, 0.1) is 11.5 Å². The zero-order chi connectivity index (χ0) is 18.9. The van der Waals surface area contributed by atoms with Gasteiger partial charge in [-0.05, 0) is 50.4 Å². The van der Waals surface area contributed by atoms with Gasteiger partial charge in [0, 0.05) is 35.6 Å². The van der Waals surface area contributed by atoms with Gasteiger partial charge in [0.1, 0.15) is 0 Å². The third kappa shape index (κ3) is 4.19. The summed E-state index contributed by atoms with van der Waals surface area (Å²) < 4.78 is 23.3. The van der Waals surface area contributed by atoms with Crippen LogP contribution in [0.5, 0.6) is 0 Å². The number of piperidine rings is 1. The molecule has 2 saturated heterocycles. The minimum absolute atomic E-state index is 0.0437. The molecule has 0 spiro atoms. The number of fused-ring (bicyclic) bond motifs is 1. The molecular weight excluding hydrogens is 362 g/mol. The van der Waals surface area contributed by atoms with Gasteiger partial charge in [-0.15, -0.1) is 0 Å². The Morgan fingerprint density at radius 2 is 1.96 bits per heavy atom. The van der Waals surface area contributed by atoms with Crippen molar-refractivity contribution in [1.29, 1.82) is 0 Å². The lowest BCUT2D eigenvalue weighted by Crippen LogP contribution is -2.45. The highest BCUT2D eigenvalue weighted by Gasteiger charge is 2.35. The first kappa shape index (κ1) is 18.5. The van der Waals surface area contributed by atoms with Crippen LogP contribution in [0, 0.1) is 5.92 Å². The number of hydrogen-bond donors (Lipinski definition) is 2. The quantitative estimate of drug-likeness (QED) is 0.816. The first-order valence-electron chi connectivity index (χ1n) is 9.79. The van der Waals surface area contributed by atoms with Gasteiger partial charge in [-0.2, -0.15) is 0 Å². The number of carbonyl (C=O) groups excluding carboxylic acids is 1. The number of benzene rings is 1. The first-order chi connectivity index (χ1) is 13.0. The van der Waals surface area contributed by atoms with Crippen molar-refractivity contribution >= 4 is 26.6 Å². The van der Waals surface area contributed by atoms with E-state index in [-0.39, 0.29) is 23.6 Å². The lowest BCUT2D eigenvalue weighted by Gasteiger charge is -2.34. The van der Waals surface area contributed by atoms with Crippen LogP contribution in [0.1, 0.15) is 24.8 Å². The van der Waals surface area contributed by atoms with Gasteiger partial charge in [-0.25, -0.2) is 8.42 Å². The molecule has 0 radical (unpaired) electrons. The van der Waals surface area contributed by atoms with E-state index < -0.39 is 9.84 Å². The van der Waals surface area contributed by atoms with Crippen LogP contribution in [0.15, 0.2) is 30.5 Å². The number of sulfone groups is 1. The van der Waals surface area contributed by atoms with Crippen molar-refractivity contribution in [3.63, 3.8) is 0 Å². The van der Waals surface area contributed by atoms with Crippen LogP contribution in [0.25, 0.3) is 10.9 Å². The number of likely N-dealkylation sites (tertiary alicyclic amines) is 1. The predicted octanol–water partition coefficient (Wildman–Crippen LogP) is 1.73. The van der Waals surface area contributed by atoms with Crippen molar-refractivity contribution < 1.29 is 13.2 Å². The number of para-hydroxylation sites is 1. The van der Waals surface area contributed by atoms with Crippen LogP contribution < -0.4 is 5.32 Å². The maximum absolute atomic E-state index is 12.5. The number of aromatic amines is 1. The third-order valence-electron chi connectivity index (χ3n) is 5.99. The Morgan fingerprint density at radius 3 is 2.70 bits per heavy atom. The van der Waals surface area contributed by atoms with Crippen LogP contribution in [0.4, 0.5) is 0 Å². The Balaban J connectivity index is 1.23. The van der Waals surface area contributed by atoms with Crippen LogP contribution in [0.3, 0.4) is 0 Å². The Kier molecular flexibility index (Phi) is 5.23.